The largest absolute Gasteiger partial charge is 0.496 e. The normalized spacial score (nSPS) is 15.5. The summed E-state index contributed by atoms with van der Waals surface area (Å²) in [5.41, 5.74) is 0.626. The fourth-order valence-corrected chi connectivity index (χ4v) is 3.41. The summed E-state index contributed by atoms with van der Waals surface area (Å²) in [6.45, 7) is 0.973. The van der Waals surface area contributed by atoms with Crippen LogP contribution in [0.15, 0.2) is 42.5 Å². The van der Waals surface area contributed by atoms with Crippen molar-refractivity contribution in [2.75, 3.05) is 39.8 Å². The predicted molar refractivity (Wildman–Crippen MR) is 102 cm³/mol. The van der Waals surface area contributed by atoms with Crippen molar-refractivity contribution in [3.05, 3.63) is 53.6 Å². The maximum absolute atomic E-state index is 13.0. The summed E-state index contributed by atoms with van der Waals surface area (Å²) in [4.78, 5) is 16.2. The molecule has 0 N–H and O–H groups in total. The van der Waals surface area contributed by atoms with Gasteiger partial charge in [-0.25, -0.2) is 8.78 Å². The molecule has 0 aliphatic carbocycles. The van der Waals surface area contributed by atoms with Crippen molar-refractivity contribution in [2.24, 2.45) is 0 Å². The Morgan fingerprint density at radius 3 is 2.13 bits per heavy atom. The molecule has 1 heterocycles. The Morgan fingerprint density at radius 1 is 1.00 bits per heavy atom. The second-order valence-electron chi connectivity index (χ2n) is 6.97. The van der Waals surface area contributed by atoms with E-state index in [0.29, 0.717) is 43.1 Å². The number of amides is 1. The van der Waals surface area contributed by atoms with Crippen molar-refractivity contribution in [1.82, 2.24) is 9.80 Å². The van der Waals surface area contributed by atoms with E-state index in [1.807, 2.05) is 0 Å². The highest BCUT2D eigenvalue weighted by Crippen LogP contribution is 2.32. The van der Waals surface area contributed by atoms with Gasteiger partial charge >= 0.3 is 6.18 Å². The summed E-state index contributed by atoms with van der Waals surface area (Å²) in [5.74, 6) is 0.0305. The molecule has 0 aromatic heterocycles. The second kappa shape index (κ2) is 8.99. The van der Waals surface area contributed by atoms with Crippen LogP contribution in [0.2, 0.25) is 0 Å². The molecule has 0 bridgehead atoms. The molecule has 2 aromatic carbocycles. The van der Waals surface area contributed by atoms with Crippen molar-refractivity contribution < 1.29 is 31.5 Å². The number of piperazine rings is 1. The molecular weight excluding hydrogens is 407 g/mol. The van der Waals surface area contributed by atoms with Gasteiger partial charge in [-0.15, -0.1) is 0 Å². The topological polar surface area (TPSA) is 32.8 Å². The van der Waals surface area contributed by atoms with Crippen molar-refractivity contribution in [3.63, 3.8) is 0 Å². The zero-order valence-corrected chi connectivity index (χ0v) is 16.3. The first-order valence-corrected chi connectivity index (χ1v) is 9.34. The van der Waals surface area contributed by atoms with E-state index in [4.69, 9.17) is 4.74 Å². The Hall–Kier alpha value is -2.68. The van der Waals surface area contributed by atoms with Gasteiger partial charge < -0.3 is 9.64 Å². The monoisotopic (exact) mass is 428 g/mol. The molecular formula is C21H21F5N2O2. The van der Waals surface area contributed by atoms with Crippen molar-refractivity contribution in [1.29, 1.82) is 0 Å². The number of hydrogen-bond donors (Lipinski definition) is 0. The molecule has 2 aromatic rings. The number of halogens is 5. The van der Waals surface area contributed by atoms with Crippen molar-refractivity contribution in [3.8, 4) is 16.9 Å². The van der Waals surface area contributed by atoms with Gasteiger partial charge in [0.15, 0.2) is 0 Å². The van der Waals surface area contributed by atoms with Crippen LogP contribution < -0.4 is 4.74 Å². The van der Waals surface area contributed by atoms with E-state index >= 15 is 0 Å². The van der Waals surface area contributed by atoms with Gasteiger partial charge in [-0.05, 0) is 35.4 Å². The van der Waals surface area contributed by atoms with Crippen LogP contribution in [0.4, 0.5) is 22.0 Å². The first-order valence-electron chi connectivity index (χ1n) is 9.34. The maximum Gasteiger partial charge on any atom is 0.416 e. The fraction of sp³-hybridized carbons (Fsp3) is 0.381. The van der Waals surface area contributed by atoms with Crippen molar-refractivity contribution in [2.45, 2.75) is 12.6 Å². The van der Waals surface area contributed by atoms with Crippen LogP contribution in [0.3, 0.4) is 0 Å². The Kier molecular flexibility index (Phi) is 6.60. The Bertz CT molecular complexity index is 876. The summed E-state index contributed by atoms with van der Waals surface area (Å²) >= 11 is 0. The molecule has 30 heavy (non-hydrogen) atoms. The van der Waals surface area contributed by atoms with Gasteiger partial charge in [-0.1, -0.05) is 18.2 Å². The van der Waals surface area contributed by atoms with E-state index in [9.17, 15) is 26.7 Å². The number of rotatable bonds is 5. The molecule has 1 aliphatic rings. The van der Waals surface area contributed by atoms with Crippen LogP contribution in [0, 0.1) is 0 Å². The average Bonchev–Trinajstić information content (AvgIpc) is 2.72. The zero-order valence-electron chi connectivity index (χ0n) is 16.3. The van der Waals surface area contributed by atoms with Crippen molar-refractivity contribution >= 4 is 5.91 Å². The highest BCUT2D eigenvalue weighted by Gasteiger charge is 2.30. The minimum absolute atomic E-state index is 0.275. The summed E-state index contributed by atoms with van der Waals surface area (Å²) in [5, 5.41) is 0. The number of alkyl halides is 5. The lowest BCUT2D eigenvalue weighted by Gasteiger charge is -2.34. The SMILES string of the molecule is COc1ccc(-c2ccc(C(F)(F)F)cc2)cc1C(=O)N1CCN(CC(F)F)CC1. The van der Waals surface area contributed by atoms with Gasteiger partial charge in [0.2, 0.25) is 0 Å². The molecule has 0 unspecified atom stereocenters. The Balaban J connectivity index is 1.80. The third-order valence-corrected chi connectivity index (χ3v) is 5.03. The molecule has 3 rings (SSSR count). The first-order chi connectivity index (χ1) is 14.2. The van der Waals surface area contributed by atoms with Crippen LogP contribution in [0.5, 0.6) is 5.75 Å². The molecule has 9 heteroatoms. The molecule has 1 amide bonds. The molecule has 1 aliphatic heterocycles. The number of benzene rings is 2. The Labute approximate surface area is 170 Å². The number of methoxy groups -OCH3 is 1. The summed E-state index contributed by atoms with van der Waals surface area (Å²) in [7, 11) is 1.42. The number of nitrogens with zero attached hydrogens (tertiary/aromatic N) is 2. The van der Waals surface area contributed by atoms with Gasteiger partial charge in [-0.2, -0.15) is 13.2 Å². The number of ether oxygens (including phenoxy) is 1. The molecule has 4 nitrogen and oxygen atoms in total. The van der Waals surface area contributed by atoms with E-state index in [1.165, 1.54) is 19.2 Å². The van der Waals surface area contributed by atoms with Gasteiger partial charge in [-0.3, -0.25) is 9.69 Å². The molecule has 1 fully saturated rings. The smallest absolute Gasteiger partial charge is 0.416 e. The fourth-order valence-electron chi connectivity index (χ4n) is 3.41. The third-order valence-electron chi connectivity index (χ3n) is 5.03. The molecule has 0 saturated carbocycles. The quantitative estimate of drug-likeness (QED) is 0.662. The van der Waals surface area contributed by atoms with Gasteiger partial charge in [0, 0.05) is 26.2 Å². The van der Waals surface area contributed by atoms with Crippen LogP contribution >= 0.6 is 0 Å². The van der Waals surface area contributed by atoms with Gasteiger partial charge in [0.25, 0.3) is 12.3 Å². The summed E-state index contributed by atoms with van der Waals surface area (Å²) < 4.78 is 68.7. The van der Waals surface area contributed by atoms with Crippen LogP contribution in [0.1, 0.15) is 15.9 Å². The van der Waals surface area contributed by atoms with E-state index in [-0.39, 0.29) is 18.0 Å². The van der Waals surface area contributed by atoms with Gasteiger partial charge in [0.05, 0.1) is 24.8 Å². The van der Waals surface area contributed by atoms with Crippen LogP contribution in [-0.2, 0) is 6.18 Å². The summed E-state index contributed by atoms with van der Waals surface area (Å²) in [6, 6.07) is 9.51. The third kappa shape index (κ3) is 5.08. The highest BCUT2D eigenvalue weighted by atomic mass is 19.4. The number of carbonyl (C=O) groups excluding carboxylic acids is 1. The standard InChI is InChI=1S/C21H21F5N2O2/c1-30-18-7-4-15(14-2-5-16(6-3-14)21(24,25)26)12-17(18)20(29)28-10-8-27(9-11-28)13-19(22)23/h2-7,12,19H,8-11,13H2,1H3. The van der Waals surface area contributed by atoms with E-state index in [0.717, 1.165) is 12.1 Å². The molecule has 0 atom stereocenters. The second-order valence-corrected chi connectivity index (χ2v) is 6.97. The highest BCUT2D eigenvalue weighted by molar-refractivity contribution is 5.98. The molecule has 162 valence electrons. The number of hydrogen-bond acceptors (Lipinski definition) is 3. The molecule has 0 spiro atoms. The Morgan fingerprint density at radius 2 is 1.60 bits per heavy atom. The van der Waals surface area contributed by atoms with E-state index in [1.54, 1.807) is 28.0 Å². The lowest BCUT2D eigenvalue weighted by molar-refractivity contribution is -0.137. The lowest BCUT2D eigenvalue weighted by atomic mass is 10.00. The minimum Gasteiger partial charge on any atom is -0.496 e. The zero-order chi connectivity index (χ0) is 21.9. The maximum atomic E-state index is 13.0. The van der Waals surface area contributed by atoms with Crippen LogP contribution in [0.25, 0.3) is 11.1 Å². The van der Waals surface area contributed by atoms with Crippen LogP contribution in [-0.4, -0.2) is 62.0 Å². The van der Waals surface area contributed by atoms with E-state index < -0.39 is 18.2 Å². The minimum atomic E-state index is -4.42. The number of carbonyl (C=O) groups is 1. The summed E-state index contributed by atoms with van der Waals surface area (Å²) in [6.07, 6.45) is -6.85. The first kappa shape index (κ1) is 22.0. The van der Waals surface area contributed by atoms with E-state index in [2.05, 4.69) is 0 Å². The molecule has 1 saturated heterocycles. The average molecular weight is 428 g/mol. The van der Waals surface area contributed by atoms with Gasteiger partial charge in [0.1, 0.15) is 5.75 Å². The molecule has 0 radical (unpaired) electrons. The lowest BCUT2D eigenvalue weighted by Crippen LogP contribution is -2.49. The predicted octanol–water partition coefficient (Wildman–Crippen LogP) is 4.40.